The number of carbonyl (C=O) groups is 1. The molecule has 1 saturated heterocycles. The quantitative estimate of drug-likeness (QED) is 0.761. The predicted octanol–water partition coefficient (Wildman–Crippen LogP) is 2.31. The van der Waals surface area contributed by atoms with Gasteiger partial charge in [0.2, 0.25) is 10.0 Å². The van der Waals surface area contributed by atoms with Crippen molar-refractivity contribution in [3.63, 3.8) is 0 Å². The van der Waals surface area contributed by atoms with Crippen LogP contribution in [-0.2, 0) is 14.8 Å². The maximum atomic E-state index is 12.9. The lowest BCUT2D eigenvalue weighted by atomic mass is 10.0. The lowest BCUT2D eigenvalue weighted by Gasteiger charge is -2.26. The molecule has 3 rings (SSSR count). The minimum Gasteiger partial charge on any atom is -0.480 e. The van der Waals surface area contributed by atoms with E-state index in [1.54, 1.807) is 24.3 Å². The van der Waals surface area contributed by atoms with Gasteiger partial charge in [0.1, 0.15) is 6.04 Å². The van der Waals surface area contributed by atoms with E-state index in [4.69, 9.17) is 0 Å². The summed E-state index contributed by atoms with van der Waals surface area (Å²) in [6, 6.07) is 5.48. The molecule has 7 heteroatoms. The van der Waals surface area contributed by atoms with Gasteiger partial charge in [-0.2, -0.15) is 4.31 Å². The van der Waals surface area contributed by atoms with Crippen molar-refractivity contribution in [2.75, 3.05) is 0 Å². The van der Waals surface area contributed by atoms with Gasteiger partial charge in [0.25, 0.3) is 0 Å². The molecule has 114 valence electrons. The van der Waals surface area contributed by atoms with Crippen LogP contribution in [0.15, 0.2) is 29.2 Å². The molecule has 1 N–H and O–H groups in total. The molecule has 1 aromatic rings. The molecule has 0 amide bonds. The third-order valence-electron chi connectivity index (χ3n) is 4.45. The molecule has 2 aliphatic rings. The maximum absolute atomic E-state index is 12.9. The molecule has 3 atom stereocenters. The highest BCUT2D eigenvalue weighted by Crippen LogP contribution is 2.44. The number of sulfonamides is 1. The van der Waals surface area contributed by atoms with Gasteiger partial charge in [-0.15, -0.1) is 0 Å². The van der Waals surface area contributed by atoms with Crippen LogP contribution in [0.5, 0.6) is 0 Å². The molecule has 1 aliphatic carbocycles. The van der Waals surface area contributed by atoms with Gasteiger partial charge in [-0.3, -0.25) is 4.79 Å². The van der Waals surface area contributed by atoms with E-state index in [0.717, 1.165) is 22.8 Å². The molecule has 21 heavy (non-hydrogen) atoms. The Morgan fingerprint density at radius 2 is 1.90 bits per heavy atom. The first kappa shape index (κ1) is 15.2. The molecule has 1 heterocycles. The van der Waals surface area contributed by atoms with Crippen molar-refractivity contribution in [3.8, 4) is 0 Å². The van der Waals surface area contributed by atoms with Crippen molar-refractivity contribution >= 4 is 38.6 Å². The average Bonchev–Trinajstić information content (AvgIpc) is 2.98. The fourth-order valence-corrected chi connectivity index (χ4v) is 5.76. The third kappa shape index (κ3) is 2.59. The van der Waals surface area contributed by atoms with Crippen LogP contribution in [0, 0.1) is 9.49 Å². The smallest absolute Gasteiger partial charge is 0.322 e. The Kier molecular flexibility index (Phi) is 4.00. The standard InChI is InChI=1S/C14H16INO4S/c15-10-4-6-11(7-5-10)21(19,20)16-12-3-1-2-9(12)8-13(16)14(17)18/h4-7,9,12-13H,1-3,8H2,(H,17,18)/t9-,12-,13?/m1/s1. The predicted molar refractivity (Wildman–Crippen MR) is 85.4 cm³/mol. The van der Waals surface area contributed by atoms with Crippen LogP contribution in [0.4, 0.5) is 0 Å². The molecule has 5 nitrogen and oxygen atoms in total. The molecule has 1 unspecified atom stereocenters. The number of halogens is 1. The molecule has 1 aliphatic heterocycles. The van der Waals surface area contributed by atoms with E-state index in [-0.39, 0.29) is 16.9 Å². The summed E-state index contributed by atoms with van der Waals surface area (Å²) in [4.78, 5) is 11.7. The zero-order valence-electron chi connectivity index (χ0n) is 11.3. The fourth-order valence-electron chi connectivity index (χ4n) is 3.53. The summed E-state index contributed by atoms with van der Waals surface area (Å²) in [5, 5.41) is 9.39. The Bertz CT molecular complexity index is 658. The number of carboxylic acid groups (broad SMARTS) is 1. The minimum absolute atomic E-state index is 0.157. The van der Waals surface area contributed by atoms with Crippen LogP contribution in [-0.4, -0.2) is 35.9 Å². The van der Waals surface area contributed by atoms with E-state index in [1.165, 1.54) is 4.31 Å². The van der Waals surface area contributed by atoms with Crippen molar-refractivity contribution in [1.82, 2.24) is 4.31 Å². The summed E-state index contributed by atoms with van der Waals surface area (Å²) in [6.07, 6.45) is 3.09. The van der Waals surface area contributed by atoms with Crippen LogP contribution < -0.4 is 0 Å². The van der Waals surface area contributed by atoms with Crippen LogP contribution >= 0.6 is 22.6 Å². The topological polar surface area (TPSA) is 74.7 Å². The number of aliphatic carboxylic acids is 1. The van der Waals surface area contributed by atoms with Gasteiger partial charge >= 0.3 is 5.97 Å². The second-order valence-corrected chi connectivity index (χ2v) is 8.73. The van der Waals surface area contributed by atoms with E-state index < -0.39 is 22.0 Å². The number of rotatable bonds is 3. The normalized spacial score (nSPS) is 29.5. The molecule has 0 radical (unpaired) electrons. The largest absolute Gasteiger partial charge is 0.480 e. The van der Waals surface area contributed by atoms with Gasteiger partial charge in [-0.25, -0.2) is 8.42 Å². The monoisotopic (exact) mass is 421 g/mol. The number of benzene rings is 1. The highest BCUT2D eigenvalue weighted by molar-refractivity contribution is 14.1. The second-order valence-electron chi connectivity index (χ2n) is 5.64. The van der Waals surface area contributed by atoms with Crippen molar-refractivity contribution in [1.29, 1.82) is 0 Å². The first-order valence-electron chi connectivity index (χ1n) is 6.93. The summed E-state index contributed by atoms with van der Waals surface area (Å²) in [6.45, 7) is 0. The summed E-state index contributed by atoms with van der Waals surface area (Å²) < 4.78 is 27.9. The van der Waals surface area contributed by atoms with Crippen LogP contribution in [0.1, 0.15) is 25.7 Å². The minimum atomic E-state index is -3.75. The molecule has 0 spiro atoms. The van der Waals surface area contributed by atoms with E-state index in [0.29, 0.717) is 6.42 Å². The van der Waals surface area contributed by atoms with Gasteiger partial charge < -0.3 is 5.11 Å². The van der Waals surface area contributed by atoms with Gasteiger partial charge in [0.15, 0.2) is 0 Å². The van der Waals surface area contributed by atoms with Crippen LogP contribution in [0.2, 0.25) is 0 Å². The Labute approximate surface area is 137 Å². The maximum Gasteiger partial charge on any atom is 0.322 e. The molecule has 0 bridgehead atoms. The molecule has 0 aromatic heterocycles. The Hall–Kier alpha value is -0.670. The number of hydrogen-bond acceptors (Lipinski definition) is 3. The molecular weight excluding hydrogens is 405 g/mol. The lowest BCUT2D eigenvalue weighted by molar-refractivity contribution is -0.141. The Morgan fingerprint density at radius 3 is 2.52 bits per heavy atom. The van der Waals surface area contributed by atoms with Gasteiger partial charge in [-0.1, -0.05) is 6.42 Å². The summed E-state index contributed by atoms with van der Waals surface area (Å²) >= 11 is 2.11. The summed E-state index contributed by atoms with van der Waals surface area (Å²) in [7, 11) is -3.75. The highest BCUT2D eigenvalue weighted by atomic mass is 127. The molecular formula is C14H16INO4S. The summed E-state index contributed by atoms with van der Waals surface area (Å²) in [5.41, 5.74) is 0. The van der Waals surface area contributed by atoms with Gasteiger partial charge in [0, 0.05) is 9.61 Å². The first-order valence-corrected chi connectivity index (χ1v) is 9.45. The van der Waals surface area contributed by atoms with Crippen molar-refractivity contribution < 1.29 is 18.3 Å². The van der Waals surface area contributed by atoms with Crippen molar-refractivity contribution in [2.24, 2.45) is 5.92 Å². The molecule has 1 aromatic carbocycles. The Morgan fingerprint density at radius 1 is 1.24 bits per heavy atom. The first-order chi connectivity index (χ1) is 9.91. The Balaban J connectivity index is 2.02. The van der Waals surface area contributed by atoms with E-state index >= 15 is 0 Å². The SMILES string of the molecule is O=C(O)C1C[C@H]2CCC[C@H]2N1S(=O)(=O)c1ccc(I)cc1. The highest BCUT2D eigenvalue weighted by Gasteiger charge is 2.52. The van der Waals surface area contributed by atoms with Gasteiger partial charge in [-0.05, 0) is 72.0 Å². The van der Waals surface area contributed by atoms with Crippen LogP contribution in [0.3, 0.4) is 0 Å². The molecule has 2 fully saturated rings. The van der Waals surface area contributed by atoms with Crippen molar-refractivity contribution in [2.45, 2.75) is 42.7 Å². The zero-order chi connectivity index (χ0) is 15.2. The number of carboxylic acids is 1. The van der Waals surface area contributed by atoms with E-state index in [1.807, 2.05) is 0 Å². The number of nitrogens with zero attached hydrogens (tertiary/aromatic N) is 1. The third-order valence-corrected chi connectivity index (χ3v) is 7.12. The lowest BCUT2D eigenvalue weighted by Crippen LogP contribution is -2.44. The molecule has 1 saturated carbocycles. The zero-order valence-corrected chi connectivity index (χ0v) is 14.2. The number of fused-ring (bicyclic) bond motifs is 1. The van der Waals surface area contributed by atoms with Crippen LogP contribution in [0.25, 0.3) is 0 Å². The van der Waals surface area contributed by atoms with E-state index in [9.17, 15) is 18.3 Å². The number of hydrogen-bond donors (Lipinski definition) is 1. The average molecular weight is 421 g/mol. The van der Waals surface area contributed by atoms with E-state index in [2.05, 4.69) is 22.6 Å². The van der Waals surface area contributed by atoms with Gasteiger partial charge in [0.05, 0.1) is 4.90 Å². The van der Waals surface area contributed by atoms with Crippen molar-refractivity contribution in [3.05, 3.63) is 27.8 Å². The summed E-state index contributed by atoms with van der Waals surface area (Å²) in [5.74, 6) is -0.858. The fraction of sp³-hybridized carbons (Fsp3) is 0.500. The second kappa shape index (κ2) is 5.51.